The van der Waals surface area contributed by atoms with E-state index in [0.717, 1.165) is 51.4 Å². The molecule has 0 saturated heterocycles. The molecule has 4 heteroatoms. The number of para-hydroxylation sites is 4. The minimum Gasteiger partial charge on any atom is -0.309 e. The first-order valence-corrected chi connectivity index (χ1v) is 17.4. The maximum absolute atomic E-state index is 5.01. The molecule has 0 fully saturated rings. The fourth-order valence-corrected chi connectivity index (χ4v) is 8.22. The molecule has 0 aliphatic heterocycles. The molecule has 1 aliphatic carbocycles. The number of pyridine rings is 2. The molecular formula is C47H30N4. The largest absolute Gasteiger partial charge is 0.309 e. The lowest BCUT2D eigenvalue weighted by atomic mass is 9.98. The Bertz CT molecular complexity index is 2780. The molecule has 4 heterocycles. The Morgan fingerprint density at radius 1 is 0.353 bits per heavy atom. The number of nitrogens with zero attached hydrogens (tertiary/aromatic N) is 4. The van der Waals surface area contributed by atoms with Crippen molar-refractivity contribution in [2.45, 2.75) is 6.42 Å². The Hall–Kier alpha value is -6.78. The molecule has 0 amide bonds. The molecule has 10 aromatic rings. The van der Waals surface area contributed by atoms with Crippen molar-refractivity contribution < 1.29 is 0 Å². The van der Waals surface area contributed by atoms with Gasteiger partial charge in [-0.1, -0.05) is 84.9 Å². The quantitative estimate of drug-likeness (QED) is 0.190. The van der Waals surface area contributed by atoms with E-state index in [4.69, 9.17) is 9.97 Å². The second kappa shape index (κ2) is 10.9. The summed E-state index contributed by atoms with van der Waals surface area (Å²) in [6, 6.07) is 56.8. The van der Waals surface area contributed by atoms with E-state index < -0.39 is 0 Å². The molecule has 0 radical (unpaired) electrons. The first kappa shape index (κ1) is 28.1. The van der Waals surface area contributed by atoms with Gasteiger partial charge in [-0.05, 0) is 83.9 Å². The highest BCUT2D eigenvalue weighted by Gasteiger charge is 2.23. The van der Waals surface area contributed by atoms with Gasteiger partial charge in [-0.2, -0.15) is 0 Å². The van der Waals surface area contributed by atoms with Crippen LogP contribution in [0.3, 0.4) is 0 Å². The van der Waals surface area contributed by atoms with Crippen molar-refractivity contribution in [2.24, 2.45) is 0 Å². The molecule has 4 nitrogen and oxygen atoms in total. The zero-order valence-electron chi connectivity index (χ0n) is 27.7. The average Bonchev–Trinajstić information content (AvgIpc) is 3.85. The zero-order valence-corrected chi connectivity index (χ0v) is 27.7. The number of fused-ring (bicyclic) bond motifs is 9. The van der Waals surface area contributed by atoms with Crippen LogP contribution in [-0.4, -0.2) is 19.1 Å². The summed E-state index contributed by atoms with van der Waals surface area (Å²) in [7, 11) is 0. The zero-order chi connectivity index (χ0) is 33.5. The van der Waals surface area contributed by atoms with E-state index in [0.29, 0.717) is 0 Å². The number of rotatable bonds is 4. The molecule has 51 heavy (non-hydrogen) atoms. The van der Waals surface area contributed by atoms with Crippen LogP contribution in [0.2, 0.25) is 0 Å². The van der Waals surface area contributed by atoms with E-state index in [1.54, 1.807) is 0 Å². The lowest BCUT2D eigenvalue weighted by molar-refractivity contribution is 1.06. The van der Waals surface area contributed by atoms with Gasteiger partial charge in [0.05, 0.1) is 33.5 Å². The first-order valence-electron chi connectivity index (χ1n) is 17.4. The van der Waals surface area contributed by atoms with Crippen LogP contribution in [0.4, 0.5) is 0 Å². The number of hydrogen-bond acceptors (Lipinski definition) is 2. The molecule has 0 unspecified atom stereocenters. The predicted molar refractivity (Wildman–Crippen MR) is 210 cm³/mol. The normalized spacial score (nSPS) is 12.2. The van der Waals surface area contributed by atoms with Crippen molar-refractivity contribution in [1.29, 1.82) is 0 Å². The molecular weight excluding hydrogens is 621 g/mol. The highest BCUT2D eigenvalue weighted by atomic mass is 15.0. The molecule has 0 saturated carbocycles. The van der Waals surface area contributed by atoms with E-state index in [1.807, 2.05) is 12.4 Å². The van der Waals surface area contributed by atoms with Crippen LogP contribution in [0, 0.1) is 0 Å². The van der Waals surface area contributed by atoms with Gasteiger partial charge < -0.3 is 9.13 Å². The summed E-state index contributed by atoms with van der Waals surface area (Å²) in [5, 5.41) is 4.97. The highest BCUT2D eigenvalue weighted by molar-refractivity contribution is 6.11. The minimum absolute atomic E-state index is 0.748. The lowest BCUT2D eigenvalue weighted by Crippen LogP contribution is -1.93. The third-order valence-electron chi connectivity index (χ3n) is 10.6. The molecule has 1 aliphatic rings. The molecule has 0 N–H and O–H groups in total. The smallest absolute Gasteiger partial charge is 0.0542 e. The summed E-state index contributed by atoms with van der Waals surface area (Å²) in [6.45, 7) is 0. The maximum atomic E-state index is 5.01. The van der Waals surface area contributed by atoms with E-state index in [9.17, 15) is 0 Å². The van der Waals surface area contributed by atoms with Crippen LogP contribution in [0.5, 0.6) is 0 Å². The number of benzene rings is 6. The monoisotopic (exact) mass is 650 g/mol. The molecule has 11 rings (SSSR count). The van der Waals surface area contributed by atoms with Crippen molar-refractivity contribution in [3.05, 3.63) is 182 Å². The lowest BCUT2D eigenvalue weighted by Gasteiger charge is -2.10. The van der Waals surface area contributed by atoms with Gasteiger partial charge in [0.2, 0.25) is 0 Å². The third-order valence-corrected chi connectivity index (χ3v) is 10.6. The maximum Gasteiger partial charge on any atom is 0.0542 e. The summed E-state index contributed by atoms with van der Waals surface area (Å²) in [5.74, 6) is 0. The third kappa shape index (κ3) is 4.26. The van der Waals surface area contributed by atoms with Crippen LogP contribution < -0.4 is 0 Å². The van der Waals surface area contributed by atoms with E-state index in [2.05, 4.69) is 167 Å². The van der Waals surface area contributed by atoms with Crippen LogP contribution >= 0.6 is 0 Å². The fourth-order valence-electron chi connectivity index (χ4n) is 8.22. The molecule has 0 bridgehead atoms. The van der Waals surface area contributed by atoms with Crippen molar-refractivity contribution in [3.8, 4) is 44.8 Å². The number of aromatic nitrogens is 4. The Morgan fingerprint density at radius 3 is 1.24 bits per heavy atom. The average molecular weight is 651 g/mol. The van der Waals surface area contributed by atoms with Gasteiger partial charge in [-0.15, -0.1) is 0 Å². The number of hydrogen-bond donors (Lipinski definition) is 0. The minimum atomic E-state index is 0.748. The van der Waals surface area contributed by atoms with Gasteiger partial charge >= 0.3 is 0 Å². The van der Waals surface area contributed by atoms with E-state index in [-0.39, 0.29) is 0 Å². The van der Waals surface area contributed by atoms with Crippen molar-refractivity contribution in [2.75, 3.05) is 0 Å². The van der Waals surface area contributed by atoms with Gasteiger partial charge in [0, 0.05) is 74.0 Å². The molecule has 0 spiro atoms. The molecule has 4 aromatic heterocycles. The summed E-state index contributed by atoms with van der Waals surface area (Å²) >= 11 is 0. The van der Waals surface area contributed by atoms with Gasteiger partial charge in [-0.25, -0.2) is 0 Å². The van der Waals surface area contributed by atoms with Crippen LogP contribution in [0.25, 0.3) is 88.4 Å². The Balaban J connectivity index is 1.01. The molecule has 6 aromatic carbocycles. The second-order valence-corrected chi connectivity index (χ2v) is 13.5. The first-order chi connectivity index (χ1) is 25.3. The Morgan fingerprint density at radius 2 is 0.765 bits per heavy atom. The Kier molecular flexibility index (Phi) is 5.98. The van der Waals surface area contributed by atoms with Gasteiger partial charge in [0.1, 0.15) is 0 Å². The topological polar surface area (TPSA) is 35.6 Å². The van der Waals surface area contributed by atoms with Crippen LogP contribution in [0.15, 0.2) is 170 Å². The van der Waals surface area contributed by atoms with Gasteiger partial charge in [0.15, 0.2) is 0 Å². The SMILES string of the molecule is c1ccc(-n2c3ccccc3c3cc(-c4cnc5c(c4)-c4cc(-c6ccc7c(c6)c6ccccc6n7-c6ccccc6)cnc4C5)ccc32)cc1. The van der Waals surface area contributed by atoms with Crippen LogP contribution in [-0.2, 0) is 6.42 Å². The standard InChI is InChI=1S/C47H30N4/c1-3-11-34(12-4-1)50-44-17-9-7-15-36(44)40-23-30(19-21-46(40)50)32-25-38-39-26-33(29-49-43(39)27-42(38)48-28-32)31-20-22-47-41(24-31)37-16-8-10-18-45(37)51(47)35-13-5-2-6-14-35/h1-26,28-29H,27H2. The molecule has 238 valence electrons. The van der Waals surface area contributed by atoms with Crippen molar-refractivity contribution >= 4 is 43.6 Å². The van der Waals surface area contributed by atoms with Crippen LogP contribution in [0.1, 0.15) is 11.4 Å². The summed E-state index contributed by atoms with van der Waals surface area (Å²) in [4.78, 5) is 10.0. The van der Waals surface area contributed by atoms with E-state index >= 15 is 0 Å². The van der Waals surface area contributed by atoms with Gasteiger partial charge in [0.25, 0.3) is 0 Å². The summed E-state index contributed by atoms with van der Waals surface area (Å²) in [5.41, 5.74) is 16.2. The van der Waals surface area contributed by atoms with Crippen molar-refractivity contribution in [1.82, 2.24) is 19.1 Å². The summed E-state index contributed by atoms with van der Waals surface area (Å²) in [6.07, 6.45) is 4.80. The predicted octanol–water partition coefficient (Wildman–Crippen LogP) is 11.6. The second-order valence-electron chi connectivity index (χ2n) is 13.5. The van der Waals surface area contributed by atoms with Crippen molar-refractivity contribution in [3.63, 3.8) is 0 Å². The molecule has 0 atom stereocenters. The Labute approximate surface area is 294 Å². The highest BCUT2D eigenvalue weighted by Crippen LogP contribution is 2.41. The van der Waals surface area contributed by atoms with E-state index in [1.165, 1.54) is 54.7 Å². The fraction of sp³-hybridized carbons (Fsp3) is 0.0213. The van der Waals surface area contributed by atoms with Gasteiger partial charge in [-0.3, -0.25) is 9.97 Å². The summed E-state index contributed by atoms with van der Waals surface area (Å²) < 4.78 is 4.71.